The maximum absolute atomic E-state index is 12.3. The van der Waals surface area contributed by atoms with Crippen LogP contribution in [0.3, 0.4) is 0 Å². The third-order valence-electron chi connectivity index (χ3n) is 2.87. The zero-order valence-corrected chi connectivity index (χ0v) is 13.7. The van der Waals surface area contributed by atoms with Crippen molar-refractivity contribution in [3.8, 4) is 0 Å². The van der Waals surface area contributed by atoms with E-state index in [1.807, 2.05) is 0 Å². The molecule has 0 bridgehead atoms. The summed E-state index contributed by atoms with van der Waals surface area (Å²) in [6.45, 7) is 0. The van der Waals surface area contributed by atoms with Crippen LogP contribution in [0.4, 0.5) is 17.1 Å². The molecule has 0 heterocycles. The van der Waals surface area contributed by atoms with Crippen molar-refractivity contribution in [2.45, 2.75) is 0 Å². The van der Waals surface area contributed by atoms with E-state index in [4.69, 9.17) is 34.8 Å². The number of nitrogens with zero attached hydrogens (tertiary/aromatic N) is 2. The van der Waals surface area contributed by atoms with Crippen molar-refractivity contribution in [1.82, 2.24) is 0 Å². The summed E-state index contributed by atoms with van der Waals surface area (Å²) in [7, 11) is 0. The number of carbonyl (C=O) groups excluding carboxylic acids is 1. The normalized spacial score (nSPS) is 10.3. The molecule has 0 aromatic heterocycles. The highest BCUT2D eigenvalue weighted by Gasteiger charge is 2.26. The van der Waals surface area contributed by atoms with Crippen LogP contribution in [-0.2, 0) is 0 Å². The van der Waals surface area contributed by atoms with E-state index in [9.17, 15) is 25.0 Å². The van der Waals surface area contributed by atoms with Gasteiger partial charge in [0.05, 0.1) is 31.5 Å². The molecule has 24 heavy (non-hydrogen) atoms. The summed E-state index contributed by atoms with van der Waals surface area (Å²) in [5.41, 5.74) is -1.56. The van der Waals surface area contributed by atoms with Crippen molar-refractivity contribution >= 4 is 57.8 Å². The summed E-state index contributed by atoms with van der Waals surface area (Å²) in [5.74, 6) is -0.870. The molecule has 0 unspecified atom stereocenters. The van der Waals surface area contributed by atoms with Crippen molar-refractivity contribution in [2.75, 3.05) is 5.32 Å². The first-order chi connectivity index (χ1) is 11.2. The second-order valence-electron chi connectivity index (χ2n) is 4.42. The van der Waals surface area contributed by atoms with Crippen LogP contribution < -0.4 is 5.32 Å². The molecule has 1 N–H and O–H groups in total. The fourth-order valence-corrected chi connectivity index (χ4v) is 2.33. The molecule has 2 aromatic carbocycles. The molecule has 11 heteroatoms. The number of halogens is 3. The number of anilines is 1. The van der Waals surface area contributed by atoms with E-state index in [0.717, 1.165) is 6.07 Å². The topological polar surface area (TPSA) is 115 Å². The number of benzene rings is 2. The van der Waals surface area contributed by atoms with Gasteiger partial charge in [-0.15, -0.1) is 0 Å². The van der Waals surface area contributed by atoms with Gasteiger partial charge in [-0.05, 0) is 18.2 Å². The van der Waals surface area contributed by atoms with Gasteiger partial charge in [-0.1, -0.05) is 34.8 Å². The van der Waals surface area contributed by atoms with Crippen molar-refractivity contribution < 1.29 is 14.6 Å². The van der Waals surface area contributed by atoms with E-state index < -0.39 is 37.7 Å². The third-order valence-corrected chi connectivity index (χ3v) is 4.00. The van der Waals surface area contributed by atoms with Gasteiger partial charge in [-0.3, -0.25) is 25.0 Å². The Morgan fingerprint density at radius 1 is 0.958 bits per heavy atom. The third kappa shape index (κ3) is 3.73. The Balaban J connectivity index is 2.46. The largest absolute Gasteiger partial charge is 0.322 e. The highest BCUT2D eigenvalue weighted by molar-refractivity contribution is 6.42. The van der Waals surface area contributed by atoms with Gasteiger partial charge >= 0.3 is 0 Å². The predicted octanol–water partition coefficient (Wildman–Crippen LogP) is 4.72. The first kappa shape index (κ1) is 17.9. The van der Waals surface area contributed by atoms with Crippen LogP contribution in [0, 0.1) is 20.2 Å². The highest BCUT2D eigenvalue weighted by atomic mass is 35.5. The Hall–Kier alpha value is -2.42. The van der Waals surface area contributed by atoms with E-state index in [1.54, 1.807) is 0 Å². The molecule has 0 radical (unpaired) electrons. The van der Waals surface area contributed by atoms with Gasteiger partial charge in [0.1, 0.15) is 5.02 Å². The summed E-state index contributed by atoms with van der Waals surface area (Å²) in [5, 5.41) is 24.1. The number of amides is 1. The van der Waals surface area contributed by atoms with Crippen LogP contribution in [0.15, 0.2) is 30.3 Å². The second kappa shape index (κ2) is 7.00. The molecular formula is C13H6Cl3N3O5. The SMILES string of the molecule is O=C(Nc1ccc(Cl)c(Cl)c1)c1cc([N+](=O)[O-])cc([N+](=O)[O-])c1Cl. The molecule has 0 atom stereocenters. The van der Waals surface area contributed by atoms with Crippen LogP contribution in [0.25, 0.3) is 0 Å². The number of rotatable bonds is 4. The fraction of sp³-hybridized carbons (Fsp3) is 0. The number of hydrogen-bond donors (Lipinski definition) is 1. The average Bonchev–Trinajstić information content (AvgIpc) is 2.50. The molecule has 2 rings (SSSR count). The minimum absolute atomic E-state index is 0.172. The fourth-order valence-electron chi connectivity index (χ4n) is 1.77. The van der Waals surface area contributed by atoms with Crippen LogP contribution in [0.2, 0.25) is 15.1 Å². The number of carbonyl (C=O) groups is 1. The number of hydrogen-bond acceptors (Lipinski definition) is 5. The van der Waals surface area contributed by atoms with E-state index in [1.165, 1.54) is 18.2 Å². The van der Waals surface area contributed by atoms with Gasteiger partial charge in [0.15, 0.2) is 0 Å². The Labute approximate surface area is 149 Å². The summed E-state index contributed by atoms with van der Waals surface area (Å²) in [6, 6.07) is 5.74. The van der Waals surface area contributed by atoms with Crippen LogP contribution in [0.5, 0.6) is 0 Å². The Morgan fingerprint density at radius 2 is 1.62 bits per heavy atom. The molecule has 124 valence electrons. The van der Waals surface area contributed by atoms with Gasteiger partial charge in [-0.2, -0.15) is 0 Å². The van der Waals surface area contributed by atoms with Crippen LogP contribution in [-0.4, -0.2) is 15.8 Å². The molecule has 0 spiro atoms. The molecule has 8 nitrogen and oxygen atoms in total. The number of nitrogens with one attached hydrogen (secondary N) is 1. The smallest absolute Gasteiger partial charge is 0.295 e. The standard InChI is InChI=1S/C13H6Cl3N3O5/c14-9-2-1-6(3-10(9)15)17-13(20)8-4-7(18(21)22)5-11(12(8)16)19(23)24/h1-5H,(H,17,20). The van der Waals surface area contributed by atoms with Crippen LogP contribution in [0.1, 0.15) is 10.4 Å². The van der Waals surface area contributed by atoms with Gasteiger partial charge in [-0.25, -0.2) is 0 Å². The maximum Gasteiger partial charge on any atom is 0.295 e. The minimum atomic E-state index is -0.911. The van der Waals surface area contributed by atoms with Crippen molar-refractivity contribution in [3.05, 3.63) is 71.2 Å². The van der Waals surface area contributed by atoms with Crippen LogP contribution >= 0.6 is 34.8 Å². The molecule has 0 fully saturated rings. The minimum Gasteiger partial charge on any atom is -0.322 e. The quantitative estimate of drug-likeness (QED) is 0.599. The van der Waals surface area contributed by atoms with Gasteiger partial charge in [0.25, 0.3) is 17.3 Å². The molecule has 0 aliphatic carbocycles. The lowest BCUT2D eigenvalue weighted by Gasteiger charge is -2.08. The van der Waals surface area contributed by atoms with Gasteiger partial charge in [0.2, 0.25) is 0 Å². The first-order valence-corrected chi connectivity index (χ1v) is 7.23. The van der Waals surface area contributed by atoms with E-state index in [2.05, 4.69) is 5.32 Å². The van der Waals surface area contributed by atoms with Gasteiger partial charge < -0.3 is 5.32 Å². The monoisotopic (exact) mass is 389 g/mol. The van der Waals surface area contributed by atoms with E-state index >= 15 is 0 Å². The molecular weight excluding hydrogens is 385 g/mol. The number of nitro benzene ring substituents is 2. The Morgan fingerprint density at radius 3 is 2.17 bits per heavy atom. The Kier molecular flexibility index (Phi) is 5.23. The van der Waals surface area contributed by atoms with Gasteiger partial charge in [0, 0.05) is 11.8 Å². The summed E-state index contributed by atoms with van der Waals surface area (Å²) >= 11 is 17.4. The lowest BCUT2D eigenvalue weighted by Crippen LogP contribution is -2.13. The maximum atomic E-state index is 12.3. The lowest BCUT2D eigenvalue weighted by atomic mass is 10.1. The van der Waals surface area contributed by atoms with Crippen molar-refractivity contribution in [2.24, 2.45) is 0 Å². The molecule has 0 aliphatic rings. The molecule has 0 saturated carbocycles. The van der Waals surface area contributed by atoms with E-state index in [-0.39, 0.29) is 15.7 Å². The van der Waals surface area contributed by atoms with E-state index in [0.29, 0.717) is 6.07 Å². The zero-order valence-electron chi connectivity index (χ0n) is 11.5. The lowest BCUT2D eigenvalue weighted by molar-refractivity contribution is -0.394. The predicted molar refractivity (Wildman–Crippen MR) is 89.2 cm³/mol. The highest BCUT2D eigenvalue weighted by Crippen LogP contribution is 2.33. The van der Waals surface area contributed by atoms with Crippen molar-refractivity contribution in [1.29, 1.82) is 0 Å². The summed E-state index contributed by atoms with van der Waals surface area (Å²) in [6.07, 6.45) is 0. The summed E-state index contributed by atoms with van der Waals surface area (Å²) in [4.78, 5) is 32.3. The molecule has 0 saturated heterocycles. The number of nitro groups is 2. The number of non-ortho nitro benzene ring substituents is 1. The molecule has 1 amide bonds. The summed E-state index contributed by atoms with van der Waals surface area (Å²) < 4.78 is 0. The molecule has 0 aliphatic heterocycles. The zero-order chi connectivity index (χ0) is 18.0. The first-order valence-electron chi connectivity index (χ1n) is 6.09. The molecule has 2 aromatic rings. The second-order valence-corrected chi connectivity index (χ2v) is 5.62. The average molecular weight is 391 g/mol. The Bertz CT molecular complexity index is 872. The van der Waals surface area contributed by atoms with Crippen molar-refractivity contribution in [3.63, 3.8) is 0 Å².